The van der Waals surface area contributed by atoms with E-state index in [4.69, 9.17) is 0 Å². The van der Waals surface area contributed by atoms with Crippen molar-refractivity contribution in [1.82, 2.24) is 0 Å². The first-order valence-electron chi connectivity index (χ1n) is 3.85. The van der Waals surface area contributed by atoms with E-state index in [1.807, 2.05) is 0 Å². The monoisotopic (exact) mass is 383 g/mol. The van der Waals surface area contributed by atoms with Crippen LogP contribution in [0.4, 0.5) is 0 Å². The van der Waals surface area contributed by atoms with Crippen molar-refractivity contribution in [2.45, 2.75) is 45.4 Å². The van der Waals surface area contributed by atoms with E-state index in [0.717, 1.165) is 19.4 Å². The summed E-state index contributed by atoms with van der Waals surface area (Å²) in [5.74, 6) is 0. The number of unbranched alkanes of at least 4 members (excludes halogenated alkanes) is 5. The van der Waals surface area contributed by atoms with E-state index < -0.39 is 0 Å². The van der Waals surface area contributed by atoms with Gasteiger partial charge in [-0.15, -0.1) is 0 Å². The molecule has 0 aromatic rings. The van der Waals surface area contributed by atoms with Gasteiger partial charge in [-0.2, -0.15) is 0 Å². The molecule has 0 aromatic heterocycles. The van der Waals surface area contributed by atoms with Gasteiger partial charge in [0, 0.05) is 0 Å². The van der Waals surface area contributed by atoms with Gasteiger partial charge in [0.25, 0.3) is 0 Å². The Morgan fingerprint density at radius 1 is 0.917 bits per heavy atom. The van der Waals surface area contributed by atoms with Gasteiger partial charge in [0.05, 0.1) is 0 Å². The molecule has 4 heteroatoms. The van der Waals surface area contributed by atoms with Gasteiger partial charge in [0.1, 0.15) is 0 Å². The van der Waals surface area contributed by atoms with E-state index in [0.29, 0.717) is 0 Å². The van der Waals surface area contributed by atoms with Crippen LogP contribution in [0.3, 0.4) is 0 Å². The second kappa shape index (κ2) is 25.3. The second-order valence-electron chi connectivity index (χ2n) is 2.37. The van der Waals surface area contributed by atoms with Gasteiger partial charge in [0.15, 0.2) is 0 Å². The Morgan fingerprint density at radius 2 is 1.42 bits per heavy atom. The molecule has 12 heavy (non-hydrogen) atoms. The quantitative estimate of drug-likeness (QED) is 0.330. The number of hydrogen-bond acceptors (Lipinski definition) is 1. The summed E-state index contributed by atoms with van der Waals surface area (Å²) in [6.45, 7) is 3.20. The molecule has 0 amide bonds. The fraction of sp³-hybridized carbons (Fsp3) is 0.875. The van der Waals surface area contributed by atoms with Gasteiger partial charge in [-0.1, -0.05) is 39.0 Å². The maximum Gasteiger partial charge on any atom is 1.00 e. The van der Waals surface area contributed by atoms with Crippen LogP contribution in [0.25, 0.3) is 0 Å². The summed E-state index contributed by atoms with van der Waals surface area (Å²) in [4.78, 5) is 0. The molecule has 0 radical (unpaired) electrons. The fourth-order valence-corrected chi connectivity index (χ4v) is 0.831. The molecule has 0 bridgehead atoms. The average molecular weight is 385 g/mol. The summed E-state index contributed by atoms with van der Waals surface area (Å²) in [5, 5.41) is 9.84. The molecule has 56 valence electrons. The summed E-state index contributed by atoms with van der Waals surface area (Å²) in [6, 6.07) is 0. The van der Waals surface area contributed by atoms with E-state index in [9.17, 15) is 5.11 Å². The molecule has 0 spiro atoms. The summed E-state index contributed by atoms with van der Waals surface area (Å²) >= 11 is 0. The molecule has 0 aromatic carbocycles. The predicted molar refractivity (Wildman–Crippen MR) is 37.7 cm³/mol. The van der Waals surface area contributed by atoms with Gasteiger partial charge in [-0.25, -0.2) is 6.42 Å². The molecule has 0 saturated heterocycles. The van der Waals surface area contributed by atoms with Crippen LogP contribution in [0.5, 0.6) is 0 Å². The molecular formula is C8H16ORb3+. The molecule has 0 saturated carbocycles. The van der Waals surface area contributed by atoms with E-state index in [2.05, 4.69) is 6.92 Å². The first kappa shape index (κ1) is 26.0. The van der Waals surface area contributed by atoms with Crippen LogP contribution in [0.2, 0.25) is 0 Å². The molecule has 0 fully saturated rings. The van der Waals surface area contributed by atoms with Gasteiger partial charge >= 0.3 is 175 Å². The number of hydrogen-bond donors (Lipinski definition) is 0. The normalized spacial score (nSPS) is 7.50. The summed E-state index contributed by atoms with van der Waals surface area (Å²) < 4.78 is 0. The van der Waals surface area contributed by atoms with Crippen LogP contribution in [0.1, 0.15) is 45.4 Å². The van der Waals surface area contributed by atoms with Gasteiger partial charge < -0.3 is 11.7 Å². The molecule has 0 unspecified atom stereocenters. The van der Waals surface area contributed by atoms with Crippen molar-refractivity contribution in [3.8, 4) is 0 Å². The summed E-state index contributed by atoms with van der Waals surface area (Å²) in [5.41, 5.74) is 0. The van der Waals surface area contributed by atoms with Crippen LogP contribution in [-0.4, -0.2) is 0 Å². The zero-order valence-corrected chi connectivity index (χ0v) is 24.0. The Labute approximate surface area is 224 Å². The number of rotatable bonds is 6. The van der Waals surface area contributed by atoms with Crippen molar-refractivity contribution in [1.29, 1.82) is 0 Å². The van der Waals surface area contributed by atoms with Crippen LogP contribution in [0.15, 0.2) is 0 Å². The minimum absolute atomic E-state index is 0. The minimum atomic E-state index is 0. The van der Waals surface area contributed by atoms with E-state index in [-0.39, 0.29) is 175 Å². The molecule has 0 aliphatic heterocycles. The molecule has 0 heterocycles. The van der Waals surface area contributed by atoms with Crippen LogP contribution in [-0.2, 0) is 0 Å². The maximum absolute atomic E-state index is 9.84. The average Bonchev–Trinajstić information content (AvgIpc) is 1.89. The molecule has 0 aliphatic carbocycles. The van der Waals surface area contributed by atoms with Crippen molar-refractivity contribution in [2.75, 3.05) is 0 Å². The Kier molecular flexibility index (Phi) is 54.9. The molecule has 1 nitrogen and oxygen atoms in total. The van der Waals surface area contributed by atoms with Gasteiger partial charge in [-0.05, 0) is 0 Å². The predicted octanol–water partition coefficient (Wildman–Crippen LogP) is -7.12. The van der Waals surface area contributed by atoms with Crippen molar-refractivity contribution >= 4 is 0 Å². The largest absolute Gasteiger partial charge is 1.03 e. The topological polar surface area (TPSA) is 23.1 Å². The maximum atomic E-state index is 9.84. The van der Waals surface area contributed by atoms with Gasteiger partial charge in [0.2, 0.25) is 0 Å². The molecule has 0 rings (SSSR count). The van der Waals surface area contributed by atoms with Crippen molar-refractivity contribution in [3.63, 3.8) is 0 Å². The van der Waals surface area contributed by atoms with E-state index in [1.165, 1.54) is 25.7 Å². The van der Waals surface area contributed by atoms with Crippen LogP contribution in [0, 0.1) is 6.61 Å². The summed E-state index contributed by atoms with van der Waals surface area (Å²) in [6.07, 6.45) is 6.96. The third-order valence-electron chi connectivity index (χ3n) is 1.43. The molecular weight excluding hydrogens is 368 g/mol. The smallest absolute Gasteiger partial charge is 1.00 e. The van der Waals surface area contributed by atoms with Crippen molar-refractivity contribution in [2.24, 2.45) is 0 Å². The SMILES string of the molecule is CCCCCCC[CH-][O-].[Rb+].[Rb+].[Rb+]. The first-order valence-corrected chi connectivity index (χ1v) is 3.85. The van der Waals surface area contributed by atoms with E-state index in [1.54, 1.807) is 0 Å². The van der Waals surface area contributed by atoms with Crippen molar-refractivity contribution in [3.05, 3.63) is 6.61 Å². The molecule has 0 N–H and O–H groups in total. The van der Waals surface area contributed by atoms with Crippen LogP contribution >= 0.6 is 0 Å². The zero-order valence-electron chi connectivity index (χ0n) is 9.23. The molecule has 0 aliphatic rings. The van der Waals surface area contributed by atoms with Gasteiger partial charge in [-0.3, -0.25) is 0 Å². The van der Waals surface area contributed by atoms with E-state index >= 15 is 0 Å². The zero-order chi connectivity index (χ0) is 6.95. The Balaban J connectivity index is -0.000000107. The Hall–Kier alpha value is 5.38. The Morgan fingerprint density at radius 3 is 1.83 bits per heavy atom. The summed E-state index contributed by atoms with van der Waals surface area (Å²) in [7, 11) is 0. The standard InChI is InChI=1S/C8H16O.3Rb/c1-2-3-4-5-6-7-8-9;;;/h8H,2-7H2,1H3;;;/q-2;3*+1. The third kappa shape index (κ3) is 24.6. The Bertz CT molecular complexity index is 47.6. The van der Waals surface area contributed by atoms with Crippen LogP contribution < -0.4 is 180 Å². The third-order valence-corrected chi connectivity index (χ3v) is 1.43. The fourth-order valence-electron chi connectivity index (χ4n) is 0.831. The second-order valence-corrected chi connectivity index (χ2v) is 2.37. The molecule has 0 atom stereocenters. The first-order chi connectivity index (χ1) is 4.41. The van der Waals surface area contributed by atoms with Crippen molar-refractivity contribution < 1.29 is 180 Å². The minimum Gasteiger partial charge on any atom is -1.03 e.